The molecule has 0 aromatic heterocycles. The Balaban J connectivity index is 1.51. The molecular weight excluding hydrogens is 444 g/mol. The molecule has 0 spiro atoms. The van der Waals surface area contributed by atoms with Crippen molar-refractivity contribution < 1.29 is 16.8 Å². The molecule has 1 aliphatic heterocycles. The maximum Gasteiger partial charge on any atom is 0.264 e. The van der Waals surface area contributed by atoms with Crippen molar-refractivity contribution in [2.75, 3.05) is 17.4 Å². The number of hydrogen-bond donors (Lipinski definition) is 1. The van der Waals surface area contributed by atoms with E-state index < -0.39 is 20.0 Å². The number of nitrogens with one attached hydrogen (secondary N) is 1. The zero-order chi connectivity index (χ0) is 22.9. The Kier molecular flexibility index (Phi) is 6.11. The molecule has 0 saturated carbocycles. The normalized spacial score (nSPS) is 13.9. The summed E-state index contributed by atoms with van der Waals surface area (Å²) in [5.74, 6) is 0. The minimum Gasteiger partial charge on any atom is -0.266 e. The van der Waals surface area contributed by atoms with Crippen LogP contribution in [0.3, 0.4) is 0 Å². The third-order valence-corrected chi connectivity index (χ3v) is 9.01. The monoisotopic (exact) mass is 470 g/mol. The Morgan fingerprint density at radius 3 is 2.03 bits per heavy atom. The van der Waals surface area contributed by atoms with Gasteiger partial charge < -0.3 is 0 Å². The number of sulfonamides is 2. The molecule has 168 valence electrons. The van der Waals surface area contributed by atoms with Crippen molar-refractivity contribution in [1.82, 2.24) is 4.72 Å². The zero-order valence-corrected chi connectivity index (χ0v) is 19.7. The number of anilines is 1. The molecule has 3 aromatic carbocycles. The maximum atomic E-state index is 13.2. The lowest BCUT2D eigenvalue weighted by Gasteiger charge is -2.20. The molecule has 0 atom stereocenters. The second-order valence-electron chi connectivity index (χ2n) is 8.02. The first-order valence-electron chi connectivity index (χ1n) is 10.4. The summed E-state index contributed by atoms with van der Waals surface area (Å²) in [6.07, 6.45) is 1.08. The van der Waals surface area contributed by atoms with E-state index in [9.17, 15) is 16.8 Å². The summed E-state index contributed by atoms with van der Waals surface area (Å²) >= 11 is 0. The summed E-state index contributed by atoms with van der Waals surface area (Å²) in [5.41, 5.74) is 4.58. The van der Waals surface area contributed by atoms with E-state index in [1.165, 1.54) is 4.31 Å². The number of nitrogens with zero attached hydrogens (tertiary/aromatic N) is 1. The molecule has 8 heteroatoms. The molecule has 3 aromatic rings. The average molecular weight is 471 g/mol. The first-order chi connectivity index (χ1) is 15.2. The predicted octanol–water partition coefficient (Wildman–Crippen LogP) is 3.58. The van der Waals surface area contributed by atoms with Crippen LogP contribution < -0.4 is 9.03 Å². The highest BCUT2D eigenvalue weighted by atomic mass is 32.2. The van der Waals surface area contributed by atoms with Crippen LogP contribution in [0.2, 0.25) is 0 Å². The lowest BCUT2D eigenvalue weighted by molar-refractivity contribution is 0.581. The summed E-state index contributed by atoms with van der Waals surface area (Å²) in [4.78, 5) is 0.504. The number of hydrogen-bond acceptors (Lipinski definition) is 4. The third-order valence-electron chi connectivity index (χ3n) is 5.71. The number of benzene rings is 3. The molecule has 0 radical (unpaired) electrons. The van der Waals surface area contributed by atoms with Gasteiger partial charge in [0.1, 0.15) is 0 Å². The predicted molar refractivity (Wildman–Crippen MR) is 126 cm³/mol. The maximum absolute atomic E-state index is 13.2. The van der Waals surface area contributed by atoms with Crippen LogP contribution in [-0.2, 0) is 32.9 Å². The van der Waals surface area contributed by atoms with Crippen LogP contribution in [0, 0.1) is 13.8 Å². The van der Waals surface area contributed by atoms with Crippen molar-refractivity contribution in [3.8, 4) is 0 Å². The van der Waals surface area contributed by atoms with Gasteiger partial charge in [0, 0.05) is 13.1 Å². The summed E-state index contributed by atoms with van der Waals surface area (Å²) in [6.45, 7) is 4.43. The minimum absolute atomic E-state index is 0.233. The molecule has 0 fully saturated rings. The fourth-order valence-electron chi connectivity index (χ4n) is 3.92. The van der Waals surface area contributed by atoms with Gasteiger partial charge in [-0.1, -0.05) is 47.5 Å². The number of fused-ring (bicyclic) bond motifs is 1. The van der Waals surface area contributed by atoms with Gasteiger partial charge in [0.15, 0.2) is 0 Å². The second-order valence-corrected chi connectivity index (χ2v) is 11.6. The SMILES string of the molecule is Cc1ccc(S(=O)(=O)NCCc2cccc3c2CCN3S(=O)(=O)c2ccc(C)cc2)cc1. The van der Waals surface area contributed by atoms with Crippen LogP contribution in [-0.4, -0.2) is 29.9 Å². The highest BCUT2D eigenvalue weighted by molar-refractivity contribution is 7.92. The Morgan fingerprint density at radius 2 is 1.41 bits per heavy atom. The van der Waals surface area contributed by atoms with Crippen molar-refractivity contribution >= 4 is 25.7 Å². The highest BCUT2D eigenvalue weighted by Crippen LogP contribution is 2.35. The van der Waals surface area contributed by atoms with Gasteiger partial charge in [-0.3, -0.25) is 4.31 Å². The molecule has 4 rings (SSSR count). The van der Waals surface area contributed by atoms with Crippen molar-refractivity contribution in [2.24, 2.45) is 0 Å². The van der Waals surface area contributed by atoms with Crippen LogP contribution in [0.4, 0.5) is 5.69 Å². The third kappa shape index (κ3) is 4.44. The first-order valence-corrected chi connectivity index (χ1v) is 13.4. The fraction of sp³-hybridized carbons (Fsp3) is 0.250. The summed E-state index contributed by atoms with van der Waals surface area (Å²) in [5, 5.41) is 0. The minimum atomic E-state index is -3.65. The van der Waals surface area contributed by atoms with Gasteiger partial charge in [-0.2, -0.15) is 0 Å². The summed E-state index contributed by atoms with van der Waals surface area (Å²) in [7, 11) is -7.24. The quantitative estimate of drug-likeness (QED) is 0.572. The van der Waals surface area contributed by atoms with Crippen LogP contribution >= 0.6 is 0 Å². The van der Waals surface area contributed by atoms with Gasteiger partial charge in [-0.15, -0.1) is 0 Å². The van der Waals surface area contributed by atoms with Crippen LogP contribution in [0.5, 0.6) is 0 Å². The summed E-state index contributed by atoms with van der Waals surface area (Å²) in [6, 6.07) is 19.1. The molecule has 1 aliphatic rings. The van der Waals surface area contributed by atoms with E-state index in [2.05, 4.69) is 4.72 Å². The standard InChI is InChI=1S/C24H26N2O4S2/c1-18-6-10-21(11-7-18)31(27,28)25-16-14-20-4-3-5-24-23(20)15-17-26(24)32(29,30)22-12-8-19(2)9-13-22/h3-13,25H,14-17H2,1-2H3. The van der Waals surface area contributed by atoms with Gasteiger partial charge in [0.05, 0.1) is 15.5 Å². The van der Waals surface area contributed by atoms with Crippen LogP contribution in [0.25, 0.3) is 0 Å². The molecule has 1 heterocycles. The molecule has 0 aliphatic carbocycles. The first kappa shape index (κ1) is 22.5. The van der Waals surface area contributed by atoms with Crippen molar-refractivity contribution in [2.45, 2.75) is 36.5 Å². The van der Waals surface area contributed by atoms with E-state index >= 15 is 0 Å². The van der Waals surface area contributed by atoms with E-state index in [4.69, 9.17) is 0 Å². The van der Waals surface area contributed by atoms with E-state index in [0.717, 1.165) is 22.3 Å². The fourth-order valence-corrected chi connectivity index (χ4v) is 6.45. The number of aryl methyl sites for hydroxylation is 2. The highest BCUT2D eigenvalue weighted by Gasteiger charge is 2.31. The average Bonchev–Trinajstić information content (AvgIpc) is 3.20. The van der Waals surface area contributed by atoms with E-state index in [-0.39, 0.29) is 16.3 Å². The van der Waals surface area contributed by atoms with Crippen molar-refractivity contribution in [3.05, 3.63) is 89.0 Å². The largest absolute Gasteiger partial charge is 0.266 e. The Bertz CT molecular complexity index is 1330. The molecule has 0 saturated heterocycles. The van der Waals surface area contributed by atoms with Gasteiger partial charge in [-0.25, -0.2) is 21.6 Å². The van der Waals surface area contributed by atoms with Gasteiger partial charge in [0.25, 0.3) is 10.0 Å². The van der Waals surface area contributed by atoms with E-state index in [0.29, 0.717) is 25.1 Å². The van der Waals surface area contributed by atoms with Gasteiger partial charge in [0.2, 0.25) is 10.0 Å². The Hall–Kier alpha value is -2.68. The lowest BCUT2D eigenvalue weighted by Crippen LogP contribution is -2.29. The summed E-state index contributed by atoms with van der Waals surface area (Å²) < 4.78 is 55.5. The number of rotatable bonds is 7. The second kappa shape index (κ2) is 8.69. The molecular formula is C24H26N2O4S2. The Labute approximate surface area is 190 Å². The molecule has 0 unspecified atom stereocenters. The molecule has 1 N–H and O–H groups in total. The Morgan fingerprint density at radius 1 is 0.812 bits per heavy atom. The smallest absolute Gasteiger partial charge is 0.264 e. The molecule has 32 heavy (non-hydrogen) atoms. The van der Waals surface area contributed by atoms with Gasteiger partial charge in [-0.05, 0) is 68.1 Å². The van der Waals surface area contributed by atoms with E-state index in [1.807, 2.05) is 32.0 Å². The zero-order valence-electron chi connectivity index (χ0n) is 18.1. The van der Waals surface area contributed by atoms with Crippen molar-refractivity contribution in [3.63, 3.8) is 0 Å². The molecule has 0 bridgehead atoms. The lowest BCUT2D eigenvalue weighted by atomic mass is 10.0. The van der Waals surface area contributed by atoms with E-state index in [1.54, 1.807) is 48.5 Å². The van der Waals surface area contributed by atoms with Crippen LogP contribution in [0.15, 0.2) is 76.5 Å². The molecule has 0 amide bonds. The van der Waals surface area contributed by atoms with Crippen molar-refractivity contribution in [1.29, 1.82) is 0 Å². The van der Waals surface area contributed by atoms with Crippen LogP contribution in [0.1, 0.15) is 22.3 Å². The topological polar surface area (TPSA) is 83.6 Å². The molecule has 6 nitrogen and oxygen atoms in total. The van der Waals surface area contributed by atoms with Gasteiger partial charge >= 0.3 is 0 Å².